The lowest BCUT2D eigenvalue weighted by atomic mass is 10.1. The summed E-state index contributed by atoms with van der Waals surface area (Å²) in [7, 11) is -2.97. The predicted octanol–water partition coefficient (Wildman–Crippen LogP) is -0.842. The Morgan fingerprint density at radius 2 is 1.97 bits per heavy atom. The number of rotatable bonds is 3. The van der Waals surface area contributed by atoms with Gasteiger partial charge >= 0.3 is 16.4 Å². The number of aromatic nitrogens is 1. The van der Waals surface area contributed by atoms with Crippen molar-refractivity contribution in [2.24, 2.45) is 5.73 Å². The zero-order chi connectivity index (χ0) is 22.4. The van der Waals surface area contributed by atoms with Crippen LogP contribution in [0, 0.1) is 5.41 Å². The van der Waals surface area contributed by atoms with Crippen molar-refractivity contribution in [1.29, 1.82) is 5.41 Å². The highest BCUT2D eigenvalue weighted by Crippen LogP contribution is 2.23. The van der Waals surface area contributed by atoms with Crippen molar-refractivity contribution < 1.29 is 37.3 Å². The standard InChI is InChI=1S/C11H12N2O3.C4H7N3O.H2O4S/c12-9(11(15)16)3-6-5-13-10-2-1-7(14)4-8(6)10;1-7-2-3(8)6-4(7)5;1-5(2,3)4/h1-2,4-5,9,13-14H,3,12H2,(H,15,16);2H2,1H3,(H2,5,6,8);(H2,1,2,3,4)/t9-;;/m0../s1. The number of carbonyl (C=O) groups is 2. The molecule has 0 aliphatic carbocycles. The van der Waals surface area contributed by atoms with Crippen molar-refractivity contribution in [2.45, 2.75) is 12.5 Å². The van der Waals surface area contributed by atoms with Gasteiger partial charge in [-0.25, -0.2) is 0 Å². The molecule has 29 heavy (non-hydrogen) atoms. The van der Waals surface area contributed by atoms with E-state index in [1.807, 2.05) is 0 Å². The summed E-state index contributed by atoms with van der Waals surface area (Å²) in [6.07, 6.45) is 1.95. The fourth-order valence-electron chi connectivity index (χ4n) is 2.22. The number of amides is 1. The molecule has 2 aromatic rings. The minimum absolute atomic E-state index is 0.0995. The number of aromatic hydroxyl groups is 1. The van der Waals surface area contributed by atoms with E-state index in [0.717, 1.165) is 16.5 Å². The molecule has 1 atom stereocenters. The molecule has 13 nitrogen and oxygen atoms in total. The maximum atomic E-state index is 10.6. The highest BCUT2D eigenvalue weighted by atomic mass is 32.3. The summed E-state index contributed by atoms with van der Waals surface area (Å²) in [4.78, 5) is 25.6. The zero-order valence-electron chi connectivity index (χ0n) is 15.2. The Hall–Kier alpha value is -3.20. The van der Waals surface area contributed by atoms with Gasteiger partial charge in [-0.3, -0.25) is 29.4 Å². The van der Waals surface area contributed by atoms with Crippen molar-refractivity contribution in [3.8, 4) is 5.75 Å². The number of carboxylic acids is 1. The van der Waals surface area contributed by atoms with Gasteiger partial charge in [0.2, 0.25) is 5.91 Å². The van der Waals surface area contributed by atoms with Gasteiger partial charge in [0.1, 0.15) is 11.8 Å². The fourth-order valence-corrected chi connectivity index (χ4v) is 2.22. The van der Waals surface area contributed by atoms with Gasteiger partial charge in [-0.15, -0.1) is 0 Å². The van der Waals surface area contributed by atoms with Crippen LogP contribution in [0.5, 0.6) is 5.75 Å². The van der Waals surface area contributed by atoms with E-state index in [0.29, 0.717) is 6.54 Å². The number of aromatic amines is 1. The van der Waals surface area contributed by atoms with E-state index >= 15 is 0 Å². The Labute approximate surface area is 165 Å². The number of carboxylic acid groups (broad SMARTS) is 1. The number of aliphatic carboxylic acids is 1. The molecular weight excluding hydrogens is 410 g/mol. The van der Waals surface area contributed by atoms with Gasteiger partial charge in [0.25, 0.3) is 0 Å². The summed E-state index contributed by atoms with van der Waals surface area (Å²) >= 11 is 0. The molecule has 1 aromatic carbocycles. The third kappa shape index (κ3) is 8.56. The van der Waals surface area contributed by atoms with Gasteiger partial charge in [0, 0.05) is 30.6 Å². The highest BCUT2D eigenvalue weighted by Gasteiger charge is 2.18. The van der Waals surface area contributed by atoms with E-state index < -0.39 is 22.4 Å². The van der Waals surface area contributed by atoms with Crippen molar-refractivity contribution >= 4 is 39.1 Å². The van der Waals surface area contributed by atoms with E-state index in [1.54, 1.807) is 36.3 Å². The summed E-state index contributed by atoms with van der Waals surface area (Å²) in [5, 5.41) is 28.2. The summed E-state index contributed by atoms with van der Waals surface area (Å²) < 4.78 is 31.6. The highest BCUT2D eigenvalue weighted by molar-refractivity contribution is 7.79. The van der Waals surface area contributed by atoms with E-state index in [1.165, 1.54) is 0 Å². The first-order valence-corrected chi connectivity index (χ1v) is 9.24. The van der Waals surface area contributed by atoms with Crippen molar-refractivity contribution in [3.63, 3.8) is 0 Å². The zero-order valence-corrected chi connectivity index (χ0v) is 16.0. The van der Waals surface area contributed by atoms with Crippen LogP contribution < -0.4 is 11.1 Å². The molecule has 1 amide bonds. The molecule has 1 aliphatic rings. The molecule has 0 unspecified atom stereocenters. The first-order valence-electron chi connectivity index (χ1n) is 7.84. The number of nitrogens with zero attached hydrogens (tertiary/aromatic N) is 1. The van der Waals surface area contributed by atoms with Gasteiger partial charge in [0.15, 0.2) is 5.96 Å². The molecule has 0 radical (unpaired) electrons. The minimum Gasteiger partial charge on any atom is -0.508 e. The summed E-state index contributed by atoms with van der Waals surface area (Å²) in [5.74, 6) is -0.792. The Morgan fingerprint density at radius 3 is 2.38 bits per heavy atom. The number of fused-ring (bicyclic) bond motifs is 1. The fraction of sp³-hybridized carbons (Fsp3) is 0.267. The maximum absolute atomic E-state index is 10.6. The normalized spacial score (nSPS) is 14.4. The van der Waals surface area contributed by atoms with E-state index in [2.05, 4.69) is 10.3 Å². The molecule has 14 heteroatoms. The monoisotopic (exact) mass is 431 g/mol. The number of guanidine groups is 1. The van der Waals surface area contributed by atoms with Crippen LogP contribution in [0.2, 0.25) is 0 Å². The lowest BCUT2D eigenvalue weighted by Crippen LogP contribution is -2.32. The molecule has 1 aliphatic heterocycles. The molecule has 0 spiro atoms. The number of phenolic OH excluding ortho intramolecular Hbond substituents is 1. The lowest BCUT2D eigenvalue weighted by Gasteiger charge is -2.04. The Kier molecular flexibility index (Phi) is 8.08. The van der Waals surface area contributed by atoms with Gasteiger partial charge in [-0.05, 0) is 23.8 Å². The van der Waals surface area contributed by atoms with Gasteiger partial charge in [-0.1, -0.05) is 0 Å². The minimum atomic E-state index is -4.67. The van der Waals surface area contributed by atoms with E-state index in [-0.39, 0.29) is 24.0 Å². The smallest absolute Gasteiger partial charge is 0.394 e. The van der Waals surface area contributed by atoms with Crippen molar-refractivity contribution in [1.82, 2.24) is 15.2 Å². The third-order valence-corrected chi connectivity index (χ3v) is 3.53. The van der Waals surface area contributed by atoms with Crippen LogP contribution in [0.4, 0.5) is 0 Å². The first-order chi connectivity index (χ1) is 13.3. The molecular formula is C15H21N5O8S. The average Bonchev–Trinajstić information content (AvgIpc) is 3.08. The molecule has 9 N–H and O–H groups in total. The average molecular weight is 431 g/mol. The second kappa shape index (κ2) is 9.83. The number of carbonyl (C=O) groups excluding carboxylic acids is 1. The second-order valence-corrected chi connectivity index (χ2v) is 6.79. The molecule has 0 saturated carbocycles. The summed E-state index contributed by atoms with van der Waals surface area (Å²) in [6, 6.07) is 3.97. The summed E-state index contributed by atoms with van der Waals surface area (Å²) in [6.45, 7) is 0.318. The molecule has 2 heterocycles. The van der Waals surface area contributed by atoms with Crippen LogP contribution in [0.25, 0.3) is 10.9 Å². The Morgan fingerprint density at radius 1 is 1.38 bits per heavy atom. The summed E-state index contributed by atoms with van der Waals surface area (Å²) in [5.41, 5.74) is 7.11. The van der Waals surface area contributed by atoms with Crippen LogP contribution in [-0.2, 0) is 26.4 Å². The molecule has 1 aromatic heterocycles. The number of H-pyrrole nitrogens is 1. The van der Waals surface area contributed by atoms with Crippen LogP contribution in [-0.4, -0.2) is 75.1 Å². The van der Waals surface area contributed by atoms with Crippen LogP contribution >= 0.6 is 0 Å². The van der Waals surface area contributed by atoms with E-state index in [4.69, 9.17) is 33.8 Å². The number of hydrogen-bond acceptors (Lipinski definition) is 7. The quantitative estimate of drug-likeness (QED) is 0.281. The topological polar surface area (TPSA) is 230 Å². The van der Waals surface area contributed by atoms with Crippen molar-refractivity contribution in [3.05, 3.63) is 30.0 Å². The Bertz CT molecular complexity index is 995. The first kappa shape index (κ1) is 23.8. The van der Waals surface area contributed by atoms with Crippen LogP contribution in [0.1, 0.15) is 5.56 Å². The second-order valence-electron chi connectivity index (χ2n) is 5.89. The van der Waals surface area contributed by atoms with E-state index in [9.17, 15) is 14.7 Å². The van der Waals surface area contributed by atoms with Crippen LogP contribution in [0.15, 0.2) is 24.4 Å². The van der Waals surface area contributed by atoms with Gasteiger partial charge in [0.05, 0.1) is 6.54 Å². The predicted molar refractivity (Wildman–Crippen MR) is 102 cm³/mol. The van der Waals surface area contributed by atoms with Crippen molar-refractivity contribution in [2.75, 3.05) is 13.6 Å². The number of hydrogen-bond donors (Lipinski definition) is 8. The van der Waals surface area contributed by atoms with Crippen LogP contribution in [0.3, 0.4) is 0 Å². The SMILES string of the molecule is CN1CC(=O)NC1=N.N[C@@H](Cc1c[nH]c2ccc(O)cc12)C(=O)O.O=S(=O)(O)O. The van der Waals surface area contributed by atoms with Gasteiger partial charge in [-0.2, -0.15) is 8.42 Å². The lowest BCUT2D eigenvalue weighted by molar-refractivity contribution is -0.138. The molecule has 3 rings (SSSR count). The Balaban J connectivity index is 0.000000269. The number of likely N-dealkylation sites (N-methyl/N-ethyl adjacent to an activating group) is 1. The largest absolute Gasteiger partial charge is 0.508 e. The number of nitrogens with one attached hydrogen (secondary N) is 3. The molecule has 0 bridgehead atoms. The van der Waals surface area contributed by atoms with Gasteiger partial charge < -0.3 is 25.8 Å². The number of nitrogens with two attached hydrogens (primary N) is 1. The number of benzene rings is 1. The molecule has 1 fully saturated rings. The molecule has 1 saturated heterocycles. The molecule has 160 valence electrons. The number of phenols is 1. The maximum Gasteiger partial charge on any atom is 0.394 e. The third-order valence-electron chi connectivity index (χ3n) is 3.53.